The molecule has 1 aliphatic rings. The van der Waals surface area contributed by atoms with Crippen molar-refractivity contribution in [2.45, 2.75) is 32.7 Å². The maximum absolute atomic E-state index is 12.3. The van der Waals surface area contributed by atoms with Gasteiger partial charge in [-0.05, 0) is 58.4 Å². The molecule has 14 heteroatoms. The summed E-state index contributed by atoms with van der Waals surface area (Å²) in [6.45, 7) is 11.7. The number of hydrogen-bond acceptors (Lipinski definition) is 12. The first-order valence-electron chi connectivity index (χ1n) is 13.9. The molecule has 42 heavy (non-hydrogen) atoms. The van der Waals surface area contributed by atoms with Crippen molar-refractivity contribution in [2.24, 2.45) is 5.73 Å². The molecule has 4 N–H and O–H groups in total. The van der Waals surface area contributed by atoms with E-state index < -0.39 is 7.14 Å². The molecule has 1 fully saturated rings. The molecule has 0 radical (unpaired) electrons. The molecule has 0 bridgehead atoms. The Morgan fingerprint density at radius 3 is 2.31 bits per heavy atom. The predicted octanol–water partition coefficient (Wildman–Crippen LogP) is 4.56. The highest BCUT2D eigenvalue weighted by atomic mass is 35.5. The van der Waals surface area contributed by atoms with Crippen LogP contribution < -0.4 is 36.2 Å². The van der Waals surface area contributed by atoms with Gasteiger partial charge in [-0.1, -0.05) is 25.4 Å². The van der Waals surface area contributed by atoms with Crippen LogP contribution in [0.4, 0.5) is 29.0 Å². The number of nitrogens with zero attached hydrogens (tertiary/aromatic N) is 6. The minimum atomic E-state index is -2.60. The second kappa shape index (κ2) is 15.3. The minimum Gasteiger partial charge on any atom is -0.494 e. The molecule has 3 heterocycles. The summed E-state index contributed by atoms with van der Waals surface area (Å²) in [6.07, 6.45) is 4.84. The van der Waals surface area contributed by atoms with Gasteiger partial charge in [-0.25, -0.2) is 15.0 Å². The van der Waals surface area contributed by atoms with Gasteiger partial charge < -0.3 is 40.2 Å². The second-order valence-corrected chi connectivity index (χ2v) is 13.8. The molecule has 230 valence electrons. The van der Waals surface area contributed by atoms with Gasteiger partial charge in [0.25, 0.3) is 5.88 Å². The van der Waals surface area contributed by atoms with Crippen molar-refractivity contribution in [3.63, 3.8) is 0 Å². The van der Waals surface area contributed by atoms with Crippen molar-refractivity contribution >= 4 is 53.1 Å². The van der Waals surface area contributed by atoms with Crippen LogP contribution in [0, 0.1) is 0 Å². The third-order valence-corrected chi connectivity index (χ3v) is 8.47. The van der Waals surface area contributed by atoms with Crippen molar-refractivity contribution in [3.05, 3.63) is 35.6 Å². The average molecular weight is 620 g/mol. The fourth-order valence-corrected chi connectivity index (χ4v) is 4.77. The van der Waals surface area contributed by atoms with E-state index in [9.17, 15) is 4.57 Å². The Balaban J connectivity index is 0.000000730. The van der Waals surface area contributed by atoms with E-state index in [2.05, 4.69) is 61.3 Å². The molecular weight excluding hydrogens is 577 g/mol. The van der Waals surface area contributed by atoms with Gasteiger partial charge in [-0.3, -0.25) is 0 Å². The van der Waals surface area contributed by atoms with E-state index in [0.29, 0.717) is 27.7 Å². The van der Waals surface area contributed by atoms with Gasteiger partial charge >= 0.3 is 0 Å². The SMILES string of the molecule is CCN(C)CC.COc1cc(N2CCC(N)CC2)ccc1Nc1nc(Nc2ncc(P(C)(C)=O)nc2OC)ncc1Cl. The van der Waals surface area contributed by atoms with Gasteiger partial charge in [0, 0.05) is 30.9 Å². The van der Waals surface area contributed by atoms with Crippen molar-refractivity contribution in [1.82, 2.24) is 24.8 Å². The monoisotopic (exact) mass is 619 g/mol. The van der Waals surface area contributed by atoms with Crippen molar-refractivity contribution < 1.29 is 14.0 Å². The number of ether oxygens (including phenoxy) is 2. The van der Waals surface area contributed by atoms with E-state index in [0.717, 1.165) is 44.7 Å². The summed E-state index contributed by atoms with van der Waals surface area (Å²) >= 11 is 6.38. The Morgan fingerprint density at radius 1 is 1.05 bits per heavy atom. The van der Waals surface area contributed by atoms with Gasteiger partial charge in [-0.2, -0.15) is 4.98 Å². The number of nitrogens with one attached hydrogen (secondary N) is 2. The molecule has 0 aliphatic carbocycles. The molecule has 0 amide bonds. The third-order valence-electron chi connectivity index (χ3n) is 6.87. The number of nitrogens with two attached hydrogens (primary N) is 1. The largest absolute Gasteiger partial charge is 0.494 e. The van der Waals surface area contributed by atoms with Crippen LogP contribution in [0.5, 0.6) is 11.6 Å². The lowest BCUT2D eigenvalue weighted by atomic mass is 10.1. The van der Waals surface area contributed by atoms with Crippen LogP contribution in [0.25, 0.3) is 0 Å². The van der Waals surface area contributed by atoms with Gasteiger partial charge in [0.2, 0.25) is 5.95 Å². The molecule has 0 spiro atoms. The topological polar surface area (TPSA) is 144 Å². The van der Waals surface area contributed by atoms with Crippen LogP contribution in [0.3, 0.4) is 0 Å². The fourth-order valence-electron chi connectivity index (χ4n) is 3.96. The van der Waals surface area contributed by atoms with E-state index in [1.807, 2.05) is 18.2 Å². The van der Waals surface area contributed by atoms with Crippen molar-refractivity contribution in [2.75, 3.05) is 76.3 Å². The van der Waals surface area contributed by atoms with E-state index in [1.165, 1.54) is 19.5 Å². The Labute approximate surface area is 253 Å². The zero-order chi connectivity index (χ0) is 30.9. The van der Waals surface area contributed by atoms with Gasteiger partial charge in [0.05, 0.1) is 32.3 Å². The zero-order valence-electron chi connectivity index (χ0n) is 25.5. The van der Waals surface area contributed by atoms with Crippen molar-refractivity contribution in [3.8, 4) is 11.6 Å². The summed E-state index contributed by atoms with van der Waals surface area (Å²) in [5, 5.41) is 6.53. The van der Waals surface area contributed by atoms with Gasteiger partial charge in [-0.15, -0.1) is 0 Å². The minimum absolute atomic E-state index is 0.181. The average Bonchev–Trinajstić information content (AvgIpc) is 2.99. The molecule has 1 aliphatic heterocycles. The lowest BCUT2D eigenvalue weighted by Crippen LogP contribution is -2.39. The number of halogens is 1. The predicted molar refractivity (Wildman–Crippen MR) is 173 cm³/mol. The maximum atomic E-state index is 12.3. The summed E-state index contributed by atoms with van der Waals surface area (Å²) in [5.41, 5.74) is 8.17. The number of aromatic nitrogens is 4. The van der Waals surface area contributed by atoms with E-state index in [1.54, 1.807) is 20.4 Å². The first kappa shape index (κ1) is 33.3. The molecule has 0 saturated carbocycles. The lowest BCUT2D eigenvalue weighted by molar-refractivity contribution is 0.373. The highest BCUT2D eigenvalue weighted by molar-refractivity contribution is 7.69. The summed E-state index contributed by atoms with van der Waals surface area (Å²) in [5.74, 6) is 1.71. The maximum Gasteiger partial charge on any atom is 0.258 e. The summed E-state index contributed by atoms with van der Waals surface area (Å²) in [4.78, 5) is 21.9. The number of methoxy groups -OCH3 is 2. The highest BCUT2D eigenvalue weighted by Crippen LogP contribution is 2.36. The van der Waals surface area contributed by atoms with Gasteiger partial charge in [0.15, 0.2) is 11.6 Å². The van der Waals surface area contributed by atoms with Crippen LogP contribution in [0.2, 0.25) is 5.02 Å². The van der Waals surface area contributed by atoms with E-state index in [-0.39, 0.29) is 23.7 Å². The Bertz CT molecular complexity index is 1360. The normalized spacial score (nSPS) is 13.8. The van der Waals surface area contributed by atoms with Crippen LogP contribution in [0.1, 0.15) is 26.7 Å². The molecule has 1 aromatic carbocycles. The Kier molecular flexibility index (Phi) is 12.2. The smallest absolute Gasteiger partial charge is 0.258 e. The third kappa shape index (κ3) is 9.16. The first-order valence-corrected chi connectivity index (χ1v) is 16.9. The molecule has 0 unspecified atom stereocenters. The molecule has 12 nitrogen and oxygen atoms in total. The van der Waals surface area contributed by atoms with Crippen LogP contribution >= 0.6 is 18.7 Å². The second-order valence-electron chi connectivity index (χ2n) is 10.3. The van der Waals surface area contributed by atoms with Crippen LogP contribution in [-0.2, 0) is 4.57 Å². The summed E-state index contributed by atoms with van der Waals surface area (Å²) in [7, 11) is 2.59. The molecular formula is C28H43ClN9O3P. The van der Waals surface area contributed by atoms with Crippen LogP contribution in [-0.4, -0.2) is 91.7 Å². The molecule has 3 aromatic rings. The number of benzene rings is 1. The van der Waals surface area contributed by atoms with E-state index in [4.69, 9.17) is 26.8 Å². The van der Waals surface area contributed by atoms with Crippen LogP contribution in [0.15, 0.2) is 30.6 Å². The van der Waals surface area contributed by atoms with E-state index >= 15 is 0 Å². The first-order chi connectivity index (χ1) is 20.0. The molecule has 1 saturated heterocycles. The zero-order valence-corrected chi connectivity index (χ0v) is 27.2. The molecule has 0 atom stereocenters. The van der Waals surface area contributed by atoms with Gasteiger partial charge in [0.1, 0.15) is 23.3 Å². The van der Waals surface area contributed by atoms with Crippen molar-refractivity contribution in [1.29, 1.82) is 0 Å². The number of anilines is 5. The molecule has 4 rings (SSSR count). The number of piperidine rings is 1. The molecule has 2 aromatic heterocycles. The quantitative estimate of drug-likeness (QED) is 0.274. The lowest BCUT2D eigenvalue weighted by Gasteiger charge is -2.32. The Hall–Kier alpha value is -3.18. The number of rotatable bonds is 10. The Morgan fingerprint density at radius 2 is 1.74 bits per heavy atom. The fraction of sp³-hybridized carbons (Fsp3) is 0.500. The summed E-state index contributed by atoms with van der Waals surface area (Å²) < 4.78 is 23.3. The standard InChI is InChI=1S/C23H30ClN8O3P.C5H13N/c1-34-18-11-15(32-9-7-14(25)8-10-32)5-6-17(18)28-20-16(24)12-27-23(30-20)31-21-22(35-2)29-19(13-26-21)36(3,4)33;1-4-6(3)5-2/h5-6,11-14H,7-10,25H2,1-4H3,(H2,26,27,28,30,31);4-5H2,1-3H3. The number of hydrogen-bond donors (Lipinski definition) is 3. The highest BCUT2D eigenvalue weighted by Gasteiger charge is 2.20. The summed E-state index contributed by atoms with van der Waals surface area (Å²) in [6, 6.07) is 6.19.